The van der Waals surface area contributed by atoms with Crippen molar-refractivity contribution in [1.29, 1.82) is 0 Å². The number of rotatable bonds is 5. The van der Waals surface area contributed by atoms with Gasteiger partial charge in [0.15, 0.2) is 0 Å². The molecule has 0 bridgehead atoms. The minimum atomic E-state index is -4.69. The number of aliphatic hydroxyl groups excluding tert-OH is 3. The van der Waals surface area contributed by atoms with Crippen LogP contribution in [0.5, 0.6) is 0 Å². The summed E-state index contributed by atoms with van der Waals surface area (Å²) in [5, 5.41) is 41.9. The molecular formula is C13H18O10S. The zero-order valence-corrected chi connectivity index (χ0v) is 13.6. The molecule has 0 aliphatic heterocycles. The zero-order valence-electron chi connectivity index (χ0n) is 12.8. The number of aliphatic hydroxyl groups is 3. The van der Waals surface area contributed by atoms with E-state index < -0.39 is 44.2 Å². The van der Waals surface area contributed by atoms with Crippen molar-refractivity contribution in [1.82, 2.24) is 0 Å². The molecule has 0 unspecified atom stereocenters. The monoisotopic (exact) mass is 366 g/mol. The van der Waals surface area contributed by atoms with Gasteiger partial charge in [0.1, 0.15) is 6.10 Å². The number of hydrogen-bond acceptors (Lipinski definition) is 7. The van der Waals surface area contributed by atoms with E-state index in [4.69, 9.17) is 30.1 Å². The number of carboxylic acids is 2. The normalized spacial score (nSPS) is 11.0. The molecule has 1 rings (SSSR count). The fourth-order valence-electron chi connectivity index (χ4n) is 1.76. The Morgan fingerprint density at radius 3 is 1.75 bits per heavy atom. The summed E-state index contributed by atoms with van der Waals surface area (Å²) in [6, 6.07) is 0.745. The lowest BCUT2D eigenvalue weighted by atomic mass is 9.97. The second-order valence-electron chi connectivity index (χ2n) is 4.65. The first-order chi connectivity index (χ1) is 10.9. The zero-order chi connectivity index (χ0) is 19.2. The lowest BCUT2D eigenvalue weighted by molar-refractivity contribution is 0.0450. The van der Waals surface area contributed by atoms with E-state index in [1.165, 1.54) is 13.8 Å². The Morgan fingerprint density at radius 1 is 1.04 bits per heavy atom. The molecule has 0 aliphatic rings. The van der Waals surface area contributed by atoms with Crippen LogP contribution in [0.25, 0.3) is 0 Å². The molecule has 0 fully saturated rings. The number of aromatic carboxylic acids is 2. The van der Waals surface area contributed by atoms with E-state index in [1.807, 2.05) is 0 Å². The molecule has 1 aromatic rings. The molecule has 0 heterocycles. The highest BCUT2D eigenvalue weighted by Crippen LogP contribution is 2.26. The van der Waals surface area contributed by atoms with Crippen LogP contribution in [-0.4, -0.2) is 69.8 Å². The van der Waals surface area contributed by atoms with Gasteiger partial charge in [-0.1, -0.05) is 0 Å². The molecule has 0 amide bonds. The van der Waals surface area contributed by atoms with Crippen LogP contribution in [-0.2, 0) is 10.1 Å². The molecule has 0 aromatic heterocycles. The van der Waals surface area contributed by atoms with Crippen LogP contribution in [0, 0.1) is 13.8 Å². The van der Waals surface area contributed by atoms with Gasteiger partial charge < -0.3 is 25.5 Å². The van der Waals surface area contributed by atoms with Crippen LogP contribution in [0.15, 0.2) is 11.0 Å². The summed E-state index contributed by atoms with van der Waals surface area (Å²) in [5.74, 6) is -2.93. The fourth-order valence-corrected chi connectivity index (χ4v) is 2.51. The maximum Gasteiger partial charge on any atom is 0.336 e. The van der Waals surface area contributed by atoms with E-state index in [1.54, 1.807) is 0 Å². The summed E-state index contributed by atoms with van der Waals surface area (Å²) in [5.41, 5.74) is -1.19. The SMILES string of the molecule is Cc1c(C(=O)O)cc(S(=O)(=O)O)c(C)c1C(=O)O.OCC(O)CO. The highest BCUT2D eigenvalue weighted by molar-refractivity contribution is 7.85. The van der Waals surface area contributed by atoms with Crippen LogP contribution < -0.4 is 0 Å². The molecule has 11 heteroatoms. The summed E-state index contributed by atoms with van der Waals surface area (Å²) in [6.45, 7) is 1.71. The van der Waals surface area contributed by atoms with E-state index >= 15 is 0 Å². The molecule has 136 valence electrons. The summed E-state index contributed by atoms with van der Waals surface area (Å²) < 4.78 is 31.1. The predicted molar refractivity (Wildman–Crippen MR) is 79.8 cm³/mol. The van der Waals surface area contributed by atoms with Crippen molar-refractivity contribution in [2.75, 3.05) is 13.2 Å². The van der Waals surface area contributed by atoms with Crippen molar-refractivity contribution in [3.8, 4) is 0 Å². The third kappa shape index (κ3) is 5.54. The van der Waals surface area contributed by atoms with E-state index in [9.17, 15) is 18.0 Å². The highest BCUT2D eigenvalue weighted by atomic mass is 32.2. The van der Waals surface area contributed by atoms with Gasteiger partial charge in [-0.3, -0.25) is 4.55 Å². The molecule has 24 heavy (non-hydrogen) atoms. The van der Waals surface area contributed by atoms with E-state index in [0.717, 1.165) is 6.07 Å². The van der Waals surface area contributed by atoms with Gasteiger partial charge >= 0.3 is 11.9 Å². The maximum atomic E-state index is 11.1. The lowest BCUT2D eigenvalue weighted by Crippen LogP contribution is -2.15. The third-order valence-corrected chi connectivity index (χ3v) is 3.92. The number of carboxylic acid groups (broad SMARTS) is 2. The molecule has 0 saturated heterocycles. The minimum Gasteiger partial charge on any atom is -0.478 e. The molecule has 0 atom stereocenters. The second-order valence-corrected chi connectivity index (χ2v) is 6.04. The van der Waals surface area contributed by atoms with Gasteiger partial charge in [0, 0.05) is 0 Å². The molecule has 10 nitrogen and oxygen atoms in total. The maximum absolute atomic E-state index is 11.1. The third-order valence-electron chi connectivity index (χ3n) is 2.94. The van der Waals surface area contributed by atoms with E-state index in [2.05, 4.69) is 0 Å². The van der Waals surface area contributed by atoms with Crippen LogP contribution in [0.1, 0.15) is 31.8 Å². The first-order valence-corrected chi connectivity index (χ1v) is 7.80. The summed E-state index contributed by atoms with van der Waals surface area (Å²) in [4.78, 5) is 21.2. The van der Waals surface area contributed by atoms with Crippen molar-refractivity contribution in [3.63, 3.8) is 0 Å². The predicted octanol–water partition coefficient (Wildman–Crippen LogP) is -0.722. The van der Waals surface area contributed by atoms with Gasteiger partial charge in [-0.2, -0.15) is 8.42 Å². The summed E-state index contributed by atoms with van der Waals surface area (Å²) in [7, 11) is -4.69. The number of hydrogen-bond donors (Lipinski definition) is 6. The second kappa shape index (κ2) is 8.70. The Bertz CT molecular complexity index is 719. The molecule has 0 saturated carbocycles. The van der Waals surface area contributed by atoms with Gasteiger partial charge in [0.2, 0.25) is 0 Å². The Hall–Kier alpha value is -2.05. The largest absolute Gasteiger partial charge is 0.478 e. The minimum absolute atomic E-state index is 0.0695. The average Bonchev–Trinajstić information content (AvgIpc) is 2.44. The van der Waals surface area contributed by atoms with E-state index in [-0.39, 0.29) is 24.3 Å². The quantitative estimate of drug-likeness (QED) is 0.362. The number of carbonyl (C=O) groups is 2. The molecule has 1 aromatic carbocycles. The molecule has 6 N–H and O–H groups in total. The van der Waals surface area contributed by atoms with Crippen molar-refractivity contribution in [3.05, 3.63) is 28.3 Å². The molecular weight excluding hydrogens is 348 g/mol. The summed E-state index contributed by atoms with van der Waals surface area (Å²) >= 11 is 0. The first kappa shape index (κ1) is 21.9. The fraction of sp³-hybridized carbons (Fsp3) is 0.385. The molecule has 0 aliphatic carbocycles. The van der Waals surface area contributed by atoms with Crippen molar-refractivity contribution in [2.45, 2.75) is 24.8 Å². The Morgan fingerprint density at radius 2 is 1.50 bits per heavy atom. The van der Waals surface area contributed by atoms with Crippen LogP contribution >= 0.6 is 0 Å². The molecule has 0 spiro atoms. The van der Waals surface area contributed by atoms with Gasteiger partial charge in [0.05, 0.1) is 29.2 Å². The van der Waals surface area contributed by atoms with Gasteiger partial charge in [-0.05, 0) is 31.0 Å². The van der Waals surface area contributed by atoms with E-state index in [0.29, 0.717) is 0 Å². The van der Waals surface area contributed by atoms with Crippen LogP contribution in [0.4, 0.5) is 0 Å². The van der Waals surface area contributed by atoms with Crippen LogP contribution in [0.2, 0.25) is 0 Å². The molecule has 0 radical (unpaired) electrons. The highest BCUT2D eigenvalue weighted by Gasteiger charge is 2.25. The Balaban J connectivity index is 0.000000754. The smallest absolute Gasteiger partial charge is 0.336 e. The summed E-state index contributed by atoms with van der Waals surface area (Å²) in [6.07, 6.45) is -0.954. The van der Waals surface area contributed by atoms with Crippen molar-refractivity contribution < 1.29 is 48.1 Å². The topological polar surface area (TPSA) is 190 Å². The number of benzene rings is 1. The Kier molecular flexibility index (Phi) is 7.96. The van der Waals surface area contributed by atoms with Crippen LogP contribution in [0.3, 0.4) is 0 Å². The lowest BCUT2D eigenvalue weighted by Gasteiger charge is -2.12. The van der Waals surface area contributed by atoms with Gasteiger partial charge in [-0.15, -0.1) is 0 Å². The van der Waals surface area contributed by atoms with Crippen molar-refractivity contribution >= 4 is 22.1 Å². The standard InChI is InChI=1S/C10H10O7S.C3H8O3/c1-4-6(9(11)12)3-7(18(15,16)17)5(2)8(4)10(13)14;4-1-3(6)2-5/h3H,1-2H3,(H,11,12)(H,13,14)(H,15,16,17);3-6H,1-2H2. The first-order valence-electron chi connectivity index (χ1n) is 6.36. The Labute approximate surface area is 137 Å². The average molecular weight is 366 g/mol. The van der Waals surface area contributed by atoms with Gasteiger partial charge in [-0.25, -0.2) is 9.59 Å². The van der Waals surface area contributed by atoms with Crippen molar-refractivity contribution in [2.24, 2.45) is 0 Å². The van der Waals surface area contributed by atoms with Gasteiger partial charge in [0.25, 0.3) is 10.1 Å².